The van der Waals surface area contributed by atoms with Crippen LogP contribution in [0.15, 0.2) is 42.7 Å². The number of rotatable bonds is 4. The molecule has 0 fully saturated rings. The summed E-state index contributed by atoms with van der Waals surface area (Å²) < 4.78 is 0. The second-order valence-corrected chi connectivity index (χ2v) is 4.48. The van der Waals surface area contributed by atoms with Crippen LogP contribution in [0.1, 0.15) is 18.5 Å². The number of benzene rings is 1. The molecule has 0 aliphatic carbocycles. The lowest BCUT2D eigenvalue weighted by Gasteiger charge is -2.16. The molecular formula is C13H12ClN3O2. The maximum Gasteiger partial charge on any atom is 0.269 e. The first-order chi connectivity index (χ1) is 9.08. The van der Waals surface area contributed by atoms with Gasteiger partial charge in [0.2, 0.25) is 0 Å². The van der Waals surface area contributed by atoms with Crippen LogP contribution in [0.5, 0.6) is 0 Å². The Balaban J connectivity index is 2.14. The molecule has 0 aliphatic rings. The maximum absolute atomic E-state index is 10.6. The second kappa shape index (κ2) is 5.67. The Morgan fingerprint density at radius 1 is 1.32 bits per heavy atom. The molecule has 0 spiro atoms. The average molecular weight is 278 g/mol. The quantitative estimate of drug-likeness (QED) is 0.681. The number of hydrogen-bond donors (Lipinski definition) is 1. The summed E-state index contributed by atoms with van der Waals surface area (Å²) >= 11 is 6.03. The van der Waals surface area contributed by atoms with Crippen molar-refractivity contribution in [2.75, 3.05) is 5.32 Å². The average Bonchev–Trinajstić information content (AvgIpc) is 2.41. The molecule has 1 unspecified atom stereocenters. The van der Waals surface area contributed by atoms with E-state index in [0.717, 1.165) is 11.3 Å². The van der Waals surface area contributed by atoms with Gasteiger partial charge in [0.1, 0.15) is 0 Å². The molecule has 0 bridgehead atoms. The molecule has 2 aromatic rings. The van der Waals surface area contributed by atoms with E-state index in [4.69, 9.17) is 11.6 Å². The van der Waals surface area contributed by atoms with E-state index < -0.39 is 4.92 Å². The smallest absolute Gasteiger partial charge is 0.269 e. The van der Waals surface area contributed by atoms with Crippen molar-refractivity contribution in [1.82, 2.24) is 4.98 Å². The van der Waals surface area contributed by atoms with Gasteiger partial charge in [-0.05, 0) is 18.6 Å². The molecule has 1 aromatic heterocycles. The predicted octanol–water partition coefficient (Wildman–Crippen LogP) is 3.82. The van der Waals surface area contributed by atoms with Gasteiger partial charge in [0.05, 0.1) is 21.8 Å². The third kappa shape index (κ3) is 3.20. The number of nitrogens with zero attached hydrogens (tertiary/aromatic N) is 2. The molecule has 19 heavy (non-hydrogen) atoms. The zero-order valence-corrected chi connectivity index (χ0v) is 11.0. The lowest BCUT2D eigenvalue weighted by molar-refractivity contribution is -0.384. The van der Waals surface area contributed by atoms with Gasteiger partial charge in [-0.25, -0.2) is 0 Å². The van der Waals surface area contributed by atoms with Crippen LogP contribution in [0.25, 0.3) is 0 Å². The molecule has 0 aliphatic heterocycles. The van der Waals surface area contributed by atoms with Crippen LogP contribution in [0.3, 0.4) is 0 Å². The third-order valence-electron chi connectivity index (χ3n) is 2.74. The van der Waals surface area contributed by atoms with E-state index in [-0.39, 0.29) is 11.7 Å². The molecule has 2 rings (SSSR count). The Morgan fingerprint density at radius 3 is 2.58 bits per heavy atom. The summed E-state index contributed by atoms with van der Waals surface area (Å²) in [5.74, 6) is 0. The van der Waals surface area contributed by atoms with Gasteiger partial charge in [0, 0.05) is 24.4 Å². The van der Waals surface area contributed by atoms with Crippen LogP contribution in [0.2, 0.25) is 5.02 Å². The van der Waals surface area contributed by atoms with Crippen molar-refractivity contribution in [3.63, 3.8) is 0 Å². The highest BCUT2D eigenvalue weighted by atomic mass is 35.5. The van der Waals surface area contributed by atoms with Crippen LogP contribution in [0, 0.1) is 10.1 Å². The number of nitro benzene ring substituents is 1. The summed E-state index contributed by atoms with van der Waals surface area (Å²) in [7, 11) is 0. The van der Waals surface area contributed by atoms with Gasteiger partial charge >= 0.3 is 0 Å². The minimum atomic E-state index is -0.417. The molecule has 1 heterocycles. The summed E-state index contributed by atoms with van der Waals surface area (Å²) in [6.45, 7) is 1.95. The Labute approximate surface area is 115 Å². The molecule has 0 radical (unpaired) electrons. The molecule has 5 nitrogen and oxygen atoms in total. The lowest BCUT2D eigenvalue weighted by atomic mass is 10.1. The molecular weight excluding hydrogens is 266 g/mol. The van der Waals surface area contributed by atoms with Crippen molar-refractivity contribution in [2.24, 2.45) is 0 Å². The lowest BCUT2D eigenvalue weighted by Crippen LogP contribution is -2.07. The van der Waals surface area contributed by atoms with E-state index in [1.54, 1.807) is 30.6 Å². The van der Waals surface area contributed by atoms with Crippen molar-refractivity contribution in [3.8, 4) is 0 Å². The number of hydrogen-bond acceptors (Lipinski definition) is 4. The van der Waals surface area contributed by atoms with Crippen LogP contribution < -0.4 is 5.32 Å². The van der Waals surface area contributed by atoms with Crippen LogP contribution in [-0.4, -0.2) is 9.91 Å². The molecule has 98 valence electrons. The summed E-state index contributed by atoms with van der Waals surface area (Å²) in [5.41, 5.74) is 1.75. The highest BCUT2D eigenvalue weighted by molar-refractivity contribution is 6.33. The Bertz CT molecular complexity index is 587. The van der Waals surface area contributed by atoms with Crippen molar-refractivity contribution in [2.45, 2.75) is 13.0 Å². The fourth-order valence-electron chi connectivity index (χ4n) is 1.68. The third-order valence-corrected chi connectivity index (χ3v) is 3.07. The van der Waals surface area contributed by atoms with E-state index in [1.807, 2.05) is 6.92 Å². The maximum atomic E-state index is 10.6. The zero-order chi connectivity index (χ0) is 13.8. The summed E-state index contributed by atoms with van der Waals surface area (Å²) in [4.78, 5) is 14.2. The molecule has 0 amide bonds. The zero-order valence-electron chi connectivity index (χ0n) is 10.2. The minimum Gasteiger partial charge on any atom is -0.376 e. The van der Waals surface area contributed by atoms with Crippen molar-refractivity contribution in [1.29, 1.82) is 0 Å². The fraction of sp³-hybridized carbons (Fsp3) is 0.154. The van der Waals surface area contributed by atoms with Crippen molar-refractivity contribution < 1.29 is 4.92 Å². The van der Waals surface area contributed by atoms with E-state index in [1.165, 1.54) is 12.1 Å². The van der Waals surface area contributed by atoms with Crippen molar-refractivity contribution in [3.05, 3.63) is 63.4 Å². The number of aromatic nitrogens is 1. The topological polar surface area (TPSA) is 68.1 Å². The Morgan fingerprint density at radius 2 is 2.00 bits per heavy atom. The van der Waals surface area contributed by atoms with E-state index in [0.29, 0.717) is 5.02 Å². The minimum absolute atomic E-state index is 0.0255. The standard InChI is InChI=1S/C13H12ClN3O2/c1-9(16-13-8-15-7-6-12(13)14)10-2-4-11(5-3-10)17(18)19/h2-9,16H,1H3. The van der Waals surface area contributed by atoms with E-state index in [9.17, 15) is 10.1 Å². The first-order valence-corrected chi connectivity index (χ1v) is 6.06. The first-order valence-electron chi connectivity index (χ1n) is 5.68. The predicted molar refractivity (Wildman–Crippen MR) is 74.4 cm³/mol. The number of non-ortho nitro benzene ring substituents is 1. The molecule has 0 saturated carbocycles. The van der Waals surface area contributed by atoms with Gasteiger partial charge < -0.3 is 5.32 Å². The highest BCUT2D eigenvalue weighted by Gasteiger charge is 2.10. The molecule has 1 N–H and O–H groups in total. The number of nitrogens with one attached hydrogen (secondary N) is 1. The number of halogens is 1. The summed E-state index contributed by atoms with van der Waals surface area (Å²) in [6.07, 6.45) is 3.26. The van der Waals surface area contributed by atoms with Gasteiger partial charge in [0.25, 0.3) is 5.69 Å². The van der Waals surface area contributed by atoms with Crippen molar-refractivity contribution >= 4 is 23.0 Å². The Hall–Kier alpha value is -2.14. The highest BCUT2D eigenvalue weighted by Crippen LogP contribution is 2.25. The molecule has 1 atom stereocenters. The van der Waals surface area contributed by atoms with E-state index in [2.05, 4.69) is 10.3 Å². The van der Waals surface area contributed by atoms with Gasteiger partial charge in [-0.2, -0.15) is 0 Å². The van der Waals surface area contributed by atoms with Gasteiger partial charge in [0.15, 0.2) is 0 Å². The normalized spacial score (nSPS) is 11.9. The van der Waals surface area contributed by atoms with Crippen LogP contribution in [-0.2, 0) is 0 Å². The second-order valence-electron chi connectivity index (χ2n) is 4.07. The number of pyridine rings is 1. The van der Waals surface area contributed by atoms with Crippen LogP contribution in [0.4, 0.5) is 11.4 Å². The van der Waals surface area contributed by atoms with Gasteiger partial charge in [-0.1, -0.05) is 23.7 Å². The van der Waals surface area contributed by atoms with E-state index >= 15 is 0 Å². The first kappa shape index (κ1) is 13.3. The van der Waals surface area contributed by atoms with Gasteiger partial charge in [-0.3, -0.25) is 15.1 Å². The molecule has 1 aromatic carbocycles. The monoisotopic (exact) mass is 277 g/mol. The Kier molecular flexibility index (Phi) is 3.97. The fourth-order valence-corrected chi connectivity index (χ4v) is 1.84. The van der Waals surface area contributed by atoms with Crippen LogP contribution >= 0.6 is 11.6 Å². The number of anilines is 1. The SMILES string of the molecule is CC(Nc1cnccc1Cl)c1ccc([N+](=O)[O-])cc1. The summed E-state index contributed by atoms with van der Waals surface area (Å²) in [6, 6.07) is 8.09. The van der Waals surface area contributed by atoms with Gasteiger partial charge in [-0.15, -0.1) is 0 Å². The molecule has 0 saturated heterocycles. The summed E-state index contributed by atoms with van der Waals surface area (Å²) in [5, 5.41) is 14.4. The molecule has 6 heteroatoms. The largest absolute Gasteiger partial charge is 0.376 e. The number of nitro groups is 1.